The number of rotatable bonds is 5. The van der Waals surface area contributed by atoms with Crippen LogP contribution in [-0.2, 0) is 4.79 Å². The maximum atomic E-state index is 14.0. The van der Waals surface area contributed by atoms with Gasteiger partial charge in [0.05, 0.1) is 12.0 Å². The summed E-state index contributed by atoms with van der Waals surface area (Å²) in [4.78, 5) is 40.3. The molecule has 4 N–H and O–H groups in total. The van der Waals surface area contributed by atoms with Crippen LogP contribution in [0.25, 0.3) is 0 Å². The summed E-state index contributed by atoms with van der Waals surface area (Å²) in [5.41, 5.74) is 4.88. The number of hydrogen-bond donors (Lipinski definition) is 3. The number of nitrogens with two attached hydrogens (primary N) is 1. The van der Waals surface area contributed by atoms with E-state index in [-0.39, 0.29) is 21.9 Å². The highest BCUT2D eigenvalue weighted by Gasteiger charge is 2.32. The molecule has 0 bridgehead atoms. The minimum Gasteiger partial charge on any atom is -0.364 e. The zero-order chi connectivity index (χ0) is 22.9. The van der Waals surface area contributed by atoms with Crippen molar-refractivity contribution in [3.63, 3.8) is 0 Å². The molecule has 8 nitrogen and oxygen atoms in total. The Morgan fingerprint density at radius 1 is 1.16 bits per heavy atom. The highest BCUT2D eigenvalue weighted by atomic mass is 79.9. The number of primary amides is 1. The van der Waals surface area contributed by atoms with Gasteiger partial charge in [0.1, 0.15) is 5.69 Å². The number of anilines is 1. The van der Waals surface area contributed by atoms with E-state index in [9.17, 15) is 27.6 Å². The van der Waals surface area contributed by atoms with Gasteiger partial charge in [0, 0.05) is 23.5 Å². The maximum Gasteiger partial charge on any atom is 0.272 e. The fourth-order valence-corrected chi connectivity index (χ4v) is 4.16. The van der Waals surface area contributed by atoms with Crippen molar-refractivity contribution in [2.45, 2.75) is 31.7 Å². The van der Waals surface area contributed by atoms with Crippen molar-refractivity contribution >= 4 is 39.3 Å². The fourth-order valence-electron chi connectivity index (χ4n) is 3.69. The van der Waals surface area contributed by atoms with Gasteiger partial charge in [-0.15, -0.1) is 0 Å². The monoisotopic (exact) mass is 501 g/mol. The van der Waals surface area contributed by atoms with Crippen LogP contribution < -0.4 is 16.4 Å². The number of carbonyl (C=O) groups excluding carboxylic acids is 3. The molecule has 1 aliphatic rings. The van der Waals surface area contributed by atoms with Crippen LogP contribution in [0.1, 0.15) is 52.7 Å². The van der Waals surface area contributed by atoms with Gasteiger partial charge in [-0.25, -0.2) is 18.2 Å². The molecule has 12 heteroatoms. The Hall–Kier alpha value is -2.89. The molecule has 1 fully saturated rings. The molecule has 0 spiro atoms. The first-order chi connectivity index (χ1) is 14.6. The van der Waals surface area contributed by atoms with Crippen LogP contribution in [0.15, 0.2) is 16.9 Å². The predicted octanol–water partition coefficient (Wildman–Crippen LogP) is 2.89. The molecule has 31 heavy (non-hydrogen) atoms. The van der Waals surface area contributed by atoms with E-state index in [0.29, 0.717) is 25.7 Å². The number of carbonyl (C=O) groups is 3. The van der Waals surface area contributed by atoms with Crippen molar-refractivity contribution in [2.75, 3.05) is 12.4 Å². The van der Waals surface area contributed by atoms with Gasteiger partial charge >= 0.3 is 0 Å². The smallest absolute Gasteiger partial charge is 0.272 e. The molecule has 3 rings (SSSR count). The van der Waals surface area contributed by atoms with Crippen LogP contribution in [0.5, 0.6) is 0 Å². The zero-order valence-corrected chi connectivity index (χ0v) is 17.9. The van der Waals surface area contributed by atoms with Crippen LogP contribution in [-0.4, -0.2) is 34.3 Å². The van der Waals surface area contributed by atoms with E-state index >= 15 is 0 Å². The molecular formula is C19H19BrF3N5O3. The molecular weight excluding hydrogens is 483 g/mol. The van der Waals surface area contributed by atoms with Crippen molar-refractivity contribution in [3.05, 3.63) is 45.7 Å². The first-order valence-electron chi connectivity index (χ1n) is 9.38. The number of nitrogens with one attached hydrogen (secondary N) is 2. The lowest BCUT2D eigenvalue weighted by Crippen LogP contribution is -2.31. The van der Waals surface area contributed by atoms with Gasteiger partial charge in [-0.3, -0.25) is 14.4 Å². The summed E-state index contributed by atoms with van der Waals surface area (Å²) in [5.74, 6) is -6.90. The van der Waals surface area contributed by atoms with Gasteiger partial charge in [0.25, 0.3) is 11.8 Å². The lowest BCUT2D eigenvalue weighted by molar-refractivity contribution is -0.121. The second-order valence-corrected chi connectivity index (χ2v) is 7.98. The fraction of sp³-hybridized carbons (Fsp3) is 0.368. The summed E-state index contributed by atoms with van der Waals surface area (Å²) < 4.78 is 42.2. The van der Waals surface area contributed by atoms with Gasteiger partial charge in [-0.05, 0) is 47.7 Å². The lowest BCUT2D eigenvalue weighted by atomic mass is 9.85. The molecule has 0 saturated heterocycles. The molecule has 1 heterocycles. The molecule has 0 atom stereocenters. The number of aromatic nitrogens is 2. The van der Waals surface area contributed by atoms with Crippen LogP contribution in [0, 0.1) is 23.4 Å². The predicted molar refractivity (Wildman–Crippen MR) is 108 cm³/mol. The molecule has 2 aromatic rings. The van der Waals surface area contributed by atoms with Gasteiger partial charge < -0.3 is 20.9 Å². The van der Waals surface area contributed by atoms with E-state index in [2.05, 4.69) is 31.5 Å². The Bertz CT molecular complexity index is 1050. The van der Waals surface area contributed by atoms with E-state index in [1.54, 1.807) is 0 Å². The van der Waals surface area contributed by atoms with Crippen molar-refractivity contribution in [3.8, 4) is 0 Å². The van der Waals surface area contributed by atoms with Gasteiger partial charge in [0.2, 0.25) is 5.91 Å². The topological polar surface area (TPSA) is 119 Å². The van der Waals surface area contributed by atoms with Gasteiger partial charge in [-0.1, -0.05) is 0 Å². The molecule has 1 aromatic carbocycles. The van der Waals surface area contributed by atoms with Crippen LogP contribution in [0.2, 0.25) is 0 Å². The van der Waals surface area contributed by atoms with Crippen molar-refractivity contribution in [1.29, 1.82) is 0 Å². The average molecular weight is 502 g/mol. The number of amides is 3. The second-order valence-electron chi connectivity index (χ2n) is 7.13. The molecule has 0 unspecified atom stereocenters. The van der Waals surface area contributed by atoms with Crippen molar-refractivity contribution < 1.29 is 27.6 Å². The summed E-state index contributed by atoms with van der Waals surface area (Å²) in [5, 5.41) is 4.71. The molecule has 1 saturated carbocycles. The summed E-state index contributed by atoms with van der Waals surface area (Å²) in [7, 11) is 1.41. The Morgan fingerprint density at radius 2 is 1.81 bits per heavy atom. The minimum atomic E-state index is -1.67. The third-order valence-corrected chi connectivity index (χ3v) is 5.92. The molecule has 1 aromatic heterocycles. The molecule has 0 radical (unpaired) electrons. The lowest BCUT2D eigenvalue weighted by Gasteiger charge is -2.29. The molecule has 166 valence electrons. The van der Waals surface area contributed by atoms with Gasteiger partial charge in [-0.2, -0.15) is 0 Å². The van der Waals surface area contributed by atoms with E-state index in [4.69, 9.17) is 5.73 Å². The number of benzene rings is 1. The summed E-state index contributed by atoms with van der Waals surface area (Å²) >= 11 is 2.92. The highest BCUT2D eigenvalue weighted by Crippen LogP contribution is 2.35. The zero-order valence-electron chi connectivity index (χ0n) is 16.3. The van der Waals surface area contributed by atoms with Crippen molar-refractivity contribution in [2.24, 2.45) is 11.7 Å². The van der Waals surface area contributed by atoms with E-state index in [1.807, 2.05) is 0 Å². The largest absolute Gasteiger partial charge is 0.364 e. The van der Waals surface area contributed by atoms with Crippen LogP contribution >= 0.6 is 15.9 Å². The third kappa shape index (κ3) is 4.43. The Labute approximate surface area is 183 Å². The number of nitrogens with zero attached hydrogens (tertiary/aromatic N) is 2. The second kappa shape index (κ2) is 9.08. The minimum absolute atomic E-state index is 0.0139. The SMILES string of the molecule is CNC(=O)c1ncn([C@H]2CC[C@H](C(=O)Nc3c(Br)cc(F)c(F)c3F)CC2)c1C(N)=O. The Kier molecular flexibility index (Phi) is 6.68. The van der Waals surface area contributed by atoms with E-state index in [0.717, 1.165) is 6.07 Å². The van der Waals surface area contributed by atoms with Gasteiger partial charge in [0.15, 0.2) is 23.1 Å². The highest BCUT2D eigenvalue weighted by molar-refractivity contribution is 9.10. The Balaban J connectivity index is 1.71. The standard InChI is InChI=1S/C19H19BrF3N5O3/c1-25-19(31)15-16(17(24)29)28(7-26-15)9-4-2-8(3-5-9)18(30)27-14-10(20)6-11(21)12(22)13(14)23/h6-9H,2-5H2,1H3,(H2,24,29)(H,25,31)(H,27,30)/t8-,9-. The molecule has 0 aliphatic heterocycles. The first-order valence-corrected chi connectivity index (χ1v) is 10.2. The quantitative estimate of drug-likeness (QED) is 0.431. The normalized spacial score (nSPS) is 18.5. The first kappa shape index (κ1) is 22.8. The van der Waals surface area contributed by atoms with E-state index in [1.165, 1.54) is 17.9 Å². The maximum absolute atomic E-state index is 14.0. The third-order valence-electron chi connectivity index (χ3n) is 5.29. The molecule has 1 aliphatic carbocycles. The van der Waals surface area contributed by atoms with Crippen molar-refractivity contribution in [1.82, 2.24) is 14.9 Å². The number of halogens is 4. The average Bonchev–Trinajstić information content (AvgIpc) is 3.20. The number of hydrogen-bond acceptors (Lipinski definition) is 4. The number of imidazole rings is 1. The molecule has 3 amide bonds. The Morgan fingerprint density at radius 3 is 2.39 bits per heavy atom. The summed E-state index contributed by atoms with van der Waals surface area (Å²) in [6, 6.07) is 0.517. The summed E-state index contributed by atoms with van der Waals surface area (Å²) in [6.45, 7) is 0. The summed E-state index contributed by atoms with van der Waals surface area (Å²) in [6.07, 6.45) is 3.05. The van der Waals surface area contributed by atoms with Crippen LogP contribution in [0.3, 0.4) is 0 Å². The van der Waals surface area contributed by atoms with Crippen LogP contribution in [0.4, 0.5) is 18.9 Å². The van der Waals surface area contributed by atoms with E-state index < -0.39 is 46.8 Å².